The summed E-state index contributed by atoms with van der Waals surface area (Å²) >= 11 is 0. The Kier molecular flexibility index (Phi) is 4.45. The van der Waals surface area contributed by atoms with Crippen molar-refractivity contribution >= 4 is 6.16 Å². The molecule has 0 saturated carbocycles. The molecule has 0 fully saturated rings. The number of ether oxygens (including phenoxy) is 2. The summed E-state index contributed by atoms with van der Waals surface area (Å²) in [6.45, 7) is -0.714. The van der Waals surface area contributed by atoms with Crippen molar-refractivity contribution in [3.05, 3.63) is 0 Å². The van der Waals surface area contributed by atoms with E-state index in [0.29, 0.717) is 0 Å². The van der Waals surface area contributed by atoms with Gasteiger partial charge in [-0.2, -0.15) is 10.5 Å². The number of carbonyl (C=O) groups excluding carboxylic acids is 1. The van der Waals surface area contributed by atoms with E-state index in [1.54, 1.807) is 12.1 Å². The Morgan fingerprint density at radius 2 is 1.60 bits per heavy atom. The van der Waals surface area contributed by atoms with Gasteiger partial charge in [-0.25, -0.2) is 4.79 Å². The van der Waals surface area contributed by atoms with Crippen molar-refractivity contribution in [1.29, 1.82) is 10.5 Å². The van der Waals surface area contributed by atoms with Crippen molar-refractivity contribution < 1.29 is 14.3 Å². The van der Waals surface area contributed by atoms with Gasteiger partial charge in [0.05, 0.1) is 0 Å². The van der Waals surface area contributed by atoms with Crippen molar-refractivity contribution in [2.75, 3.05) is 13.2 Å². The Morgan fingerprint density at radius 1 is 1.20 bits per heavy atom. The van der Waals surface area contributed by atoms with Crippen LogP contribution in [0.15, 0.2) is 0 Å². The molecule has 0 aromatic rings. The smallest absolute Gasteiger partial charge is 0.419 e. The van der Waals surface area contributed by atoms with E-state index in [1.807, 2.05) is 0 Å². The molecule has 0 rings (SSSR count). The van der Waals surface area contributed by atoms with Crippen LogP contribution in [0.2, 0.25) is 0 Å². The Hall–Kier alpha value is -1.75. The number of nitriles is 2. The summed E-state index contributed by atoms with van der Waals surface area (Å²) in [5.74, 6) is 0. The zero-order chi connectivity index (χ0) is 7.82. The monoisotopic (exact) mass is 140 g/mol. The highest BCUT2D eigenvalue weighted by Crippen LogP contribution is 1.82. The van der Waals surface area contributed by atoms with Crippen LogP contribution in [0.5, 0.6) is 0 Å². The molecule has 10 heavy (non-hydrogen) atoms. The summed E-state index contributed by atoms with van der Waals surface area (Å²) in [4.78, 5) is 10.2. The van der Waals surface area contributed by atoms with E-state index in [0.717, 1.165) is 0 Å². The van der Waals surface area contributed by atoms with Crippen molar-refractivity contribution in [2.45, 2.75) is 0 Å². The van der Waals surface area contributed by atoms with E-state index < -0.39 is 6.16 Å². The Morgan fingerprint density at radius 3 is 1.90 bits per heavy atom. The third kappa shape index (κ3) is 4.41. The zero-order valence-corrected chi connectivity index (χ0v) is 5.03. The second-order valence-electron chi connectivity index (χ2n) is 1.14. The molecule has 0 N–H and O–H groups in total. The van der Waals surface area contributed by atoms with Crippen molar-refractivity contribution in [2.24, 2.45) is 0 Å². The topological polar surface area (TPSA) is 83.1 Å². The van der Waals surface area contributed by atoms with Gasteiger partial charge in [-0.3, -0.25) is 0 Å². The first kappa shape index (κ1) is 8.25. The number of rotatable bonds is 2. The minimum absolute atomic E-state index is 0.357. The number of hydrogen-bond donors (Lipinski definition) is 0. The molecule has 5 nitrogen and oxygen atoms in total. The normalized spacial score (nSPS) is 7.00. The molecule has 0 bridgehead atoms. The number of nitrogens with zero attached hydrogens (tertiary/aromatic N) is 2. The predicted molar refractivity (Wildman–Crippen MR) is 28.5 cm³/mol. The van der Waals surface area contributed by atoms with Crippen LogP contribution < -0.4 is 0 Å². The highest BCUT2D eigenvalue weighted by atomic mass is 16.7. The van der Waals surface area contributed by atoms with Gasteiger partial charge in [0.1, 0.15) is 12.1 Å². The maximum Gasteiger partial charge on any atom is 0.510 e. The van der Waals surface area contributed by atoms with Crippen LogP contribution >= 0.6 is 0 Å². The van der Waals surface area contributed by atoms with Gasteiger partial charge >= 0.3 is 6.16 Å². The molecule has 0 radical (unpaired) electrons. The van der Waals surface area contributed by atoms with Crippen molar-refractivity contribution in [3.8, 4) is 12.1 Å². The summed E-state index contributed by atoms with van der Waals surface area (Å²) in [6.07, 6.45) is -0.997. The second kappa shape index (κ2) is 5.39. The van der Waals surface area contributed by atoms with Crippen molar-refractivity contribution in [3.63, 3.8) is 0 Å². The predicted octanol–water partition coefficient (Wildman–Crippen LogP) is 0.187. The van der Waals surface area contributed by atoms with Gasteiger partial charge in [-0.15, -0.1) is 0 Å². The average Bonchev–Trinajstić information content (AvgIpc) is 1.97. The van der Waals surface area contributed by atoms with Crippen LogP contribution in [0.1, 0.15) is 0 Å². The van der Waals surface area contributed by atoms with Crippen LogP contribution in [0.25, 0.3) is 0 Å². The maximum absolute atomic E-state index is 10.2. The minimum Gasteiger partial charge on any atom is -0.419 e. The van der Waals surface area contributed by atoms with Gasteiger partial charge in [0.15, 0.2) is 13.2 Å². The third-order valence-electron chi connectivity index (χ3n) is 0.509. The van der Waals surface area contributed by atoms with Crippen LogP contribution in [0.4, 0.5) is 4.79 Å². The molecule has 52 valence electrons. The summed E-state index contributed by atoms with van der Waals surface area (Å²) in [6, 6.07) is 3.14. The molecule has 0 amide bonds. The molecule has 0 unspecified atom stereocenters. The molecule has 0 aromatic heterocycles. The van der Waals surface area contributed by atoms with Crippen LogP contribution in [0.3, 0.4) is 0 Å². The highest BCUT2D eigenvalue weighted by molar-refractivity contribution is 5.60. The third-order valence-corrected chi connectivity index (χ3v) is 0.509. The maximum atomic E-state index is 10.2. The van der Waals surface area contributed by atoms with E-state index in [-0.39, 0.29) is 13.2 Å². The Bertz CT molecular complexity index is 168. The fraction of sp³-hybridized carbons (Fsp3) is 0.400. The lowest BCUT2D eigenvalue weighted by atomic mass is 10.8. The molecule has 0 atom stereocenters. The summed E-state index contributed by atoms with van der Waals surface area (Å²) in [7, 11) is 0. The second-order valence-corrected chi connectivity index (χ2v) is 1.14. The van der Waals surface area contributed by atoms with Crippen LogP contribution in [-0.2, 0) is 9.47 Å². The van der Waals surface area contributed by atoms with Gasteiger partial charge in [0, 0.05) is 0 Å². The zero-order valence-electron chi connectivity index (χ0n) is 5.03. The number of hydrogen-bond acceptors (Lipinski definition) is 5. The first-order valence-electron chi connectivity index (χ1n) is 2.34. The molecule has 0 saturated heterocycles. The van der Waals surface area contributed by atoms with E-state index in [4.69, 9.17) is 10.5 Å². The largest absolute Gasteiger partial charge is 0.510 e. The highest BCUT2D eigenvalue weighted by Gasteiger charge is 1.99. The van der Waals surface area contributed by atoms with E-state index in [9.17, 15) is 4.79 Å². The van der Waals surface area contributed by atoms with Gasteiger partial charge in [-0.1, -0.05) is 0 Å². The summed E-state index contributed by atoms with van der Waals surface area (Å²) in [5.41, 5.74) is 0. The lowest BCUT2D eigenvalue weighted by molar-refractivity contribution is 0.0739. The molecule has 0 heterocycles. The lowest BCUT2D eigenvalue weighted by Gasteiger charge is -1.96. The Balaban J connectivity index is 3.30. The van der Waals surface area contributed by atoms with E-state index >= 15 is 0 Å². The molecule has 5 heteroatoms. The molecule has 0 aliphatic heterocycles. The number of carbonyl (C=O) groups is 1. The summed E-state index contributed by atoms with van der Waals surface area (Å²) in [5, 5.41) is 15.8. The van der Waals surface area contributed by atoms with Gasteiger partial charge < -0.3 is 9.47 Å². The first-order valence-corrected chi connectivity index (χ1v) is 2.34. The van der Waals surface area contributed by atoms with Gasteiger partial charge in [-0.05, 0) is 0 Å². The molecule has 0 aromatic carbocycles. The molecule has 0 aliphatic carbocycles. The Labute approximate surface area is 57.4 Å². The van der Waals surface area contributed by atoms with Crippen LogP contribution in [0, 0.1) is 22.7 Å². The minimum atomic E-state index is -0.997. The van der Waals surface area contributed by atoms with Gasteiger partial charge in [0.2, 0.25) is 0 Å². The molecular formula is C5H4N2O3. The summed E-state index contributed by atoms with van der Waals surface area (Å²) < 4.78 is 8.24. The molecule has 0 spiro atoms. The molecular weight excluding hydrogens is 136 g/mol. The average molecular weight is 140 g/mol. The standard InChI is InChI=1S/C5H4N2O3/c6-1-3-9-5(8)10-4-2-7/h3-4H2. The SMILES string of the molecule is N#CCOC(=O)OCC#N. The fourth-order valence-electron chi connectivity index (χ4n) is 0.224. The lowest BCUT2D eigenvalue weighted by Crippen LogP contribution is -2.07. The quantitative estimate of drug-likeness (QED) is 0.511. The van der Waals surface area contributed by atoms with Crippen molar-refractivity contribution in [1.82, 2.24) is 0 Å². The van der Waals surface area contributed by atoms with E-state index in [1.165, 1.54) is 0 Å². The fourth-order valence-corrected chi connectivity index (χ4v) is 0.224. The molecule has 0 aliphatic rings. The van der Waals surface area contributed by atoms with Crippen LogP contribution in [-0.4, -0.2) is 19.4 Å². The van der Waals surface area contributed by atoms with Gasteiger partial charge in [0.25, 0.3) is 0 Å². The van der Waals surface area contributed by atoms with E-state index in [2.05, 4.69) is 9.47 Å². The first-order chi connectivity index (χ1) is 4.81.